The number of fused-ring (bicyclic) bond motifs is 1. The Bertz CT molecular complexity index is 859. The highest BCUT2D eigenvalue weighted by Gasteiger charge is 2.23. The second-order valence-corrected chi connectivity index (χ2v) is 7.55. The van der Waals surface area contributed by atoms with Crippen molar-refractivity contribution in [2.75, 3.05) is 32.1 Å². The monoisotopic (exact) mass is 379 g/mol. The minimum Gasteiger partial charge on any atom is -0.350 e. The zero-order valence-corrected chi connectivity index (χ0v) is 17.2. The molecule has 5 heteroatoms. The molecule has 1 atom stereocenters. The van der Waals surface area contributed by atoms with Crippen LogP contribution in [0.2, 0.25) is 0 Å². The van der Waals surface area contributed by atoms with Crippen LogP contribution in [0, 0.1) is 0 Å². The van der Waals surface area contributed by atoms with E-state index in [1.165, 1.54) is 11.1 Å². The number of hydrogen-bond acceptors (Lipinski definition) is 3. The number of carbonyl (C=O) groups is 2. The van der Waals surface area contributed by atoms with Crippen molar-refractivity contribution in [2.45, 2.75) is 32.7 Å². The Morgan fingerprint density at radius 3 is 2.46 bits per heavy atom. The van der Waals surface area contributed by atoms with E-state index in [0.29, 0.717) is 18.7 Å². The van der Waals surface area contributed by atoms with Gasteiger partial charge in [-0.3, -0.25) is 9.59 Å². The van der Waals surface area contributed by atoms with Crippen LogP contribution >= 0.6 is 0 Å². The summed E-state index contributed by atoms with van der Waals surface area (Å²) in [7, 11) is 4.05. The summed E-state index contributed by atoms with van der Waals surface area (Å²) in [6, 6.07) is 14.3. The van der Waals surface area contributed by atoms with Crippen molar-refractivity contribution in [1.82, 2.24) is 10.2 Å². The number of hydrogen-bond donors (Lipinski definition) is 1. The van der Waals surface area contributed by atoms with Crippen LogP contribution < -0.4 is 10.2 Å². The molecule has 2 aromatic rings. The third-order valence-electron chi connectivity index (χ3n) is 5.47. The van der Waals surface area contributed by atoms with E-state index in [-0.39, 0.29) is 17.9 Å². The lowest BCUT2D eigenvalue weighted by Crippen LogP contribution is -2.34. The van der Waals surface area contributed by atoms with Gasteiger partial charge in [-0.2, -0.15) is 0 Å². The minimum absolute atomic E-state index is 0.0406. The molecular weight excluding hydrogens is 350 g/mol. The predicted molar refractivity (Wildman–Crippen MR) is 113 cm³/mol. The van der Waals surface area contributed by atoms with Crippen LogP contribution in [-0.4, -0.2) is 43.9 Å². The van der Waals surface area contributed by atoms with Gasteiger partial charge in [0.25, 0.3) is 5.91 Å². The maximum atomic E-state index is 12.7. The summed E-state index contributed by atoms with van der Waals surface area (Å²) in [5.41, 5.74) is 5.12. The molecule has 5 nitrogen and oxygen atoms in total. The Hall–Kier alpha value is -2.66. The fourth-order valence-corrected chi connectivity index (χ4v) is 3.74. The van der Waals surface area contributed by atoms with Crippen molar-refractivity contribution >= 4 is 17.5 Å². The zero-order chi connectivity index (χ0) is 20.3. The Balaban J connectivity index is 1.69. The lowest BCUT2D eigenvalue weighted by molar-refractivity contribution is -0.116. The SMILES string of the molecule is CCc1ccc(C(CNC(=O)c2ccc3c(c2)CCN3C(C)=O)N(C)C)cc1. The van der Waals surface area contributed by atoms with E-state index < -0.39 is 0 Å². The van der Waals surface area contributed by atoms with Crippen LogP contribution in [0.1, 0.15) is 46.9 Å². The number of anilines is 1. The summed E-state index contributed by atoms with van der Waals surface area (Å²) >= 11 is 0. The van der Waals surface area contributed by atoms with E-state index in [2.05, 4.69) is 41.4 Å². The van der Waals surface area contributed by atoms with Crippen LogP contribution in [0.25, 0.3) is 0 Å². The summed E-state index contributed by atoms with van der Waals surface area (Å²) < 4.78 is 0. The molecule has 0 radical (unpaired) electrons. The highest BCUT2D eigenvalue weighted by atomic mass is 16.2. The molecule has 0 saturated carbocycles. The van der Waals surface area contributed by atoms with E-state index in [1.807, 2.05) is 26.2 Å². The van der Waals surface area contributed by atoms with E-state index in [0.717, 1.165) is 24.1 Å². The number of nitrogens with zero attached hydrogens (tertiary/aromatic N) is 2. The van der Waals surface area contributed by atoms with Crippen LogP contribution in [0.3, 0.4) is 0 Å². The fourth-order valence-electron chi connectivity index (χ4n) is 3.74. The standard InChI is InChI=1S/C23H29N3O2/c1-5-17-6-8-18(9-7-17)22(25(3)4)15-24-23(28)20-10-11-21-19(14-20)12-13-26(21)16(2)27/h6-11,14,22H,5,12-13,15H2,1-4H3,(H,24,28). The summed E-state index contributed by atoms with van der Waals surface area (Å²) in [4.78, 5) is 28.3. The van der Waals surface area contributed by atoms with E-state index in [1.54, 1.807) is 17.9 Å². The van der Waals surface area contributed by atoms with Gasteiger partial charge in [0.1, 0.15) is 0 Å². The normalized spacial score (nSPS) is 14.1. The van der Waals surface area contributed by atoms with Crippen molar-refractivity contribution in [3.8, 4) is 0 Å². The molecule has 0 aromatic heterocycles. The van der Waals surface area contributed by atoms with Crippen LogP contribution in [-0.2, 0) is 17.6 Å². The van der Waals surface area contributed by atoms with Crippen molar-refractivity contribution in [3.05, 3.63) is 64.7 Å². The molecule has 3 rings (SSSR count). The van der Waals surface area contributed by atoms with Crippen molar-refractivity contribution in [2.24, 2.45) is 0 Å². The molecule has 0 bridgehead atoms. The Morgan fingerprint density at radius 2 is 1.86 bits per heavy atom. The van der Waals surface area contributed by atoms with Crippen molar-refractivity contribution in [1.29, 1.82) is 0 Å². The van der Waals surface area contributed by atoms with Gasteiger partial charge in [0.05, 0.1) is 6.04 Å². The molecule has 2 aromatic carbocycles. The summed E-state index contributed by atoms with van der Waals surface area (Å²) in [5, 5.41) is 3.07. The number of aryl methyl sites for hydroxylation is 1. The molecule has 28 heavy (non-hydrogen) atoms. The molecule has 1 N–H and O–H groups in total. The smallest absolute Gasteiger partial charge is 0.251 e. The fraction of sp³-hybridized carbons (Fsp3) is 0.391. The van der Waals surface area contributed by atoms with Gasteiger partial charge in [-0.1, -0.05) is 31.2 Å². The van der Waals surface area contributed by atoms with Crippen LogP contribution in [0.5, 0.6) is 0 Å². The number of carbonyl (C=O) groups excluding carboxylic acids is 2. The van der Waals surface area contributed by atoms with E-state index in [9.17, 15) is 9.59 Å². The highest BCUT2D eigenvalue weighted by molar-refractivity contribution is 5.97. The molecule has 0 spiro atoms. The van der Waals surface area contributed by atoms with Crippen LogP contribution in [0.4, 0.5) is 5.69 Å². The summed E-state index contributed by atoms with van der Waals surface area (Å²) in [6.07, 6.45) is 1.81. The lowest BCUT2D eigenvalue weighted by atomic mass is 10.0. The molecule has 1 aliphatic rings. The first kappa shape index (κ1) is 20.1. The predicted octanol–water partition coefficient (Wildman–Crippen LogP) is 3.19. The van der Waals surface area contributed by atoms with Gasteiger partial charge in [-0.25, -0.2) is 0 Å². The van der Waals surface area contributed by atoms with Gasteiger partial charge in [0, 0.05) is 31.3 Å². The molecular formula is C23H29N3O2. The molecule has 1 aliphatic heterocycles. The largest absolute Gasteiger partial charge is 0.350 e. The molecule has 148 valence electrons. The Morgan fingerprint density at radius 1 is 1.14 bits per heavy atom. The number of amides is 2. The van der Waals surface area contributed by atoms with Gasteiger partial charge < -0.3 is 15.1 Å². The first-order valence-corrected chi connectivity index (χ1v) is 9.85. The second kappa shape index (κ2) is 8.57. The van der Waals surface area contributed by atoms with Gasteiger partial charge in [-0.15, -0.1) is 0 Å². The third-order valence-corrected chi connectivity index (χ3v) is 5.47. The van der Waals surface area contributed by atoms with E-state index in [4.69, 9.17) is 0 Å². The maximum absolute atomic E-state index is 12.7. The van der Waals surface area contributed by atoms with E-state index >= 15 is 0 Å². The average Bonchev–Trinajstić information content (AvgIpc) is 3.11. The van der Waals surface area contributed by atoms with Gasteiger partial charge >= 0.3 is 0 Å². The second-order valence-electron chi connectivity index (χ2n) is 7.55. The van der Waals surface area contributed by atoms with Crippen molar-refractivity contribution in [3.63, 3.8) is 0 Å². The average molecular weight is 380 g/mol. The lowest BCUT2D eigenvalue weighted by Gasteiger charge is -2.25. The first-order valence-electron chi connectivity index (χ1n) is 9.85. The number of rotatable bonds is 6. The minimum atomic E-state index is -0.0823. The first-order chi connectivity index (χ1) is 13.4. The molecule has 1 unspecified atom stereocenters. The van der Waals surface area contributed by atoms with Gasteiger partial charge in [0.2, 0.25) is 5.91 Å². The van der Waals surface area contributed by atoms with Crippen LogP contribution in [0.15, 0.2) is 42.5 Å². The quantitative estimate of drug-likeness (QED) is 0.839. The molecule has 0 aliphatic carbocycles. The number of benzene rings is 2. The number of likely N-dealkylation sites (N-methyl/N-ethyl adjacent to an activating group) is 1. The van der Waals surface area contributed by atoms with Gasteiger partial charge in [0.15, 0.2) is 0 Å². The van der Waals surface area contributed by atoms with Gasteiger partial charge in [-0.05, 0) is 61.8 Å². The summed E-state index contributed by atoms with van der Waals surface area (Å²) in [6.45, 7) is 4.94. The molecule has 1 heterocycles. The third kappa shape index (κ3) is 4.25. The zero-order valence-electron chi connectivity index (χ0n) is 17.2. The Labute approximate surface area is 167 Å². The summed E-state index contributed by atoms with van der Waals surface area (Å²) in [5.74, 6) is -0.0417. The van der Waals surface area contributed by atoms with Crippen molar-refractivity contribution < 1.29 is 9.59 Å². The highest BCUT2D eigenvalue weighted by Crippen LogP contribution is 2.29. The Kier molecular flexibility index (Phi) is 6.15. The molecule has 0 saturated heterocycles. The number of nitrogens with one attached hydrogen (secondary N) is 1. The molecule has 2 amide bonds. The maximum Gasteiger partial charge on any atom is 0.251 e. The topological polar surface area (TPSA) is 52.7 Å². The molecule has 0 fully saturated rings.